The summed E-state index contributed by atoms with van der Waals surface area (Å²) in [6.07, 6.45) is 2.92. The SMILES string of the molecule is Cc1cc(C)n(-c2ccc(C(=O)N3CCC(C(=O)c4cn(C)nc4N)CC3)cc2)n1. The van der Waals surface area contributed by atoms with Gasteiger partial charge in [0.15, 0.2) is 11.6 Å². The molecule has 8 nitrogen and oxygen atoms in total. The van der Waals surface area contributed by atoms with E-state index in [1.807, 2.05) is 53.8 Å². The summed E-state index contributed by atoms with van der Waals surface area (Å²) in [5.41, 5.74) is 9.89. The van der Waals surface area contributed by atoms with E-state index in [-0.39, 0.29) is 23.4 Å². The number of hydrogen-bond acceptors (Lipinski definition) is 5. The molecule has 0 aliphatic carbocycles. The summed E-state index contributed by atoms with van der Waals surface area (Å²) < 4.78 is 3.42. The minimum Gasteiger partial charge on any atom is -0.382 e. The minimum atomic E-state index is -0.131. The average Bonchev–Trinajstić information content (AvgIpc) is 3.26. The lowest BCUT2D eigenvalue weighted by Crippen LogP contribution is -2.40. The van der Waals surface area contributed by atoms with Crippen LogP contribution in [0.25, 0.3) is 5.69 Å². The molecule has 1 aliphatic heterocycles. The summed E-state index contributed by atoms with van der Waals surface area (Å²) >= 11 is 0. The van der Waals surface area contributed by atoms with Gasteiger partial charge in [-0.15, -0.1) is 0 Å². The van der Waals surface area contributed by atoms with Gasteiger partial charge in [-0.05, 0) is 57.0 Å². The molecule has 3 aromatic rings. The summed E-state index contributed by atoms with van der Waals surface area (Å²) in [5, 5.41) is 8.53. The molecule has 8 heteroatoms. The highest BCUT2D eigenvalue weighted by Crippen LogP contribution is 2.25. The molecule has 3 heterocycles. The number of nitrogen functional groups attached to an aromatic ring is 1. The van der Waals surface area contributed by atoms with Gasteiger partial charge in [0.2, 0.25) is 0 Å². The van der Waals surface area contributed by atoms with Crippen molar-refractivity contribution < 1.29 is 9.59 Å². The van der Waals surface area contributed by atoms with Crippen LogP contribution in [0.15, 0.2) is 36.5 Å². The molecule has 1 amide bonds. The van der Waals surface area contributed by atoms with Gasteiger partial charge in [-0.3, -0.25) is 14.3 Å². The number of nitrogens with zero attached hydrogens (tertiary/aromatic N) is 5. The predicted molar refractivity (Wildman–Crippen MR) is 114 cm³/mol. The summed E-state index contributed by atoms with van der Waals surface area (Å²) in [7, 11) is 1.74. The second-order valence-electron chi connectivity index (χ2n) is 7.92. The van der Waals surface area contributed by atoms with Crippen LogP contribution in [0.4, 0.5) is 5.82 Å². The first-order chi connectivity index (χ1) is 14.3. The number of amides is 1. The Kier molecular flexibility index (Phi) is 5.15. The van der Waals surface area contributed by atoms with Crippen LogP contribution in [-0.2, 0) is 7.05 Å². The fourth-order valence-corrected chi connectivity index (χ4v) is 4.08. The number of aryl methyl sites for hydroxylation is 3. The van der Waals surface area contributed by atoms with Crippen LogP contribution in [0, 0.1) is 19.8 Å². The zero-order valence-corrected chi connectivity index (χ0v) is 17.5. The summed E-state index contributed by atoms with van der Waals surface area (Å²) in [6.45, 7) is 5.06. The number of piperidine rings is 1. The van der Waals surface area contributed by atoms with E-state index in [2.05, 4.69) is 10.2 Å². The highest BCUT2D eigenvalue weighted by atomic mass is 16.2. The average molecular weight is 406 g/mol. The number of carbonyl (C=O) groups excluding carboxylic acids is 2. The zero-order valence-electron chi connectivity index (χ0n) is 17.5. The Hall–Kier alpha value is -3.42. The maximum Gasteiger partial charge on any atom is 0.253 e. The van der Waals surface area contributed by atoms with E-state index in [9.17, 15) is 9.59 Å². The fourth-order valence-electron chi connectivity index (χ4n) is 4.08. The van der Waals surface area contributed by atoms with Crippen LogP contribution in [0.5, 0.6) is 0 Å². The monoisotopic (exact) mass is 406 g/mol. The number of aromatic nitrogens is 4. The standard InChI is InChI=1S/C22H26N6O2/c1-14-12-15(2)28(24-14)18-6-4-17(5-7-18)22(30)27-10-8-16(9-11-27)20(29)19-13-26(3)25-21(19)23/h4-7,12-13,16H,8-11H2,1-3H3,(H2,23,25). The number of benzene rings is 1. The highest BCUT2D eigenvalue weighted by molar-refractivity contribution is 6.01. The molecular formula is C22H26N6O2. The third kappa shape index (κ3) is 3.72. The van der Waals surface area contributed by atoms with Crippen LogP contribution in [-0.4, -0.2) is 49.2 Å². The summed E-state index contributed by atoms with van der Waals surface area (Å²) in [4.78, 5) is 27.5. The van der Waals surface area contributed by atoms with Crippen LogP contribution >= 0.6 is 0 Å². The van der Waals surface area contributed by atoms with Gasteiger partial charge in [0.05, 0.1) is 16.9 Å². The first-order valence-corrected chi connectivity index (χ1v) is 10.1. The van der Waals surface area contributed by atoms with Crippen molar-refractivity contribution in [2.24, 2.45) is 13.0 Å². The quantitative estimate of drug-likeness (QED) is 0.671. The van der Waals surface area contributed by atoms with Crippen molar-refractivity contribution in [1.29, 1.82) is 0 Å². The van der Waals surface area contributed by atoms with Crippen LogP contribution in [0.3, 0.4) is 0 Å². The van der Waals surface area contributed by atoms with Crippen LogP contribution in [0.1, 0.15) is 44.9 Å². The third-order valence-corrected chi connectivity index (χ3v) is 5.64. The molecule has 156 valence electrons. The Morgan fingerprint density at radius 2 is 1.73 bits per heavy atom. The van der Waals surface area contributed by atoms with Gasteiger partial charge in [0.1, 0.15) is 0 Å². The first kappa shape index (κ1) is 19.9. The Bertz CT molecular complexity index is 1090. The molecule has 4 rings (SSSR count). The van der Waals surface area contributed by atoms with Gasteiger partial charge in [-0.25, -0.2) is 4.68 Å². The number of nitrogens with two attached hydrogens (primary N) is 1. The van der Waals surface area contributed by atoms with Gasteiger partial charge in [0, 0.05) is 43.5 Å². The number of carbonyl (C=O) groups is 2. The largest absolute Gasteiger partial charge is 0.382 e. The second kappa shape index (κ2) is 7.78. The topological polar surface area (TPSA) is 99.0 Å². The maximum atomic E-state index is 12.9. The molecule has 0 spiro atoms. The Balaban J connectivity index is 1.40. The number of hydrogen-bond donors (Lipinski definition) is 1. The third-order valence-electron chi connectivity index (χ3n) is 5.64. The molecular weight excluding hydrogens is 380 g/mol. The zero-order chi connectivity index (χ0) is 21.4. The molecule has 0 radical (unpaired) electrons. The smallest absolute Gasteiger partial charge is 0.253 e. The van der Waals surface area contributed by atoms with E-state index in [1.165, 1.54) is 0 Å². The van der Waals surface area contributed by atoms with E-state index >= 15 is 0 Å². The summed E-state index contributed by atoms with van der Waals surface area (Å²) in [6, 6.07) is 9.51. The van der Waals surface area contributed by atoms with E-state index in [1.54, 1.807) is 17.9 Å². The van der Waals surface area contributed by atoms with Gasteiger partial charge in [-0.1, -0.05) is 0 Å². The lowest BCUT2D eigenvalue weighted by Gasteiger charge is -2.31. The molecule has 1 aromatic carbocycles. The van der Waals surface area contributed by atoms with Gasteiger partial charge in [-0.2, -0.15) is 10.2 Å². The van der Waals surface area contributed by atoms with Crippen LogP contribution < -0.4 is 5.73 Å². The van der Waals surface area contributed by atoms with Gasteiger partial charge in [0.25, 0.3) is 5.91 Å². The van der Waals surface area contributed by atoms with Crippen molar-refractivity contribution in [2.45, 2.75) is 26.7 Å². The second-order valence-corrected chi connectivity index (χ2v) is 7.92. The molecule has 30 heavy (non-hydrogen) atoms. The molecule has 0 saturated carbocycles. The Labute approximate surface area is 175 Å². The number of rotatable bonds is 4. The van der Waals surface area contributed by atoms with Crippen molar-refractivity contribution in [2.75, 3.05) is 18.8 Å². The van der Waals surface area contributed by atoms with Crippen molar-refractivity contribution >= 4 is 17.5 Å². The molecule has 2 N–H and O–H groups in total. The first-order valence-electron chi connectivity index (χ1n) is 10.1. The molecule has 0 atom stereocenters. The minimum absolute atomic E-state index is 0.0123. The van der Waals surface area contributed by atoms with Gasteiger partial charge >= 0.3 is 0 Å². The Morgan fingerprint density at radius 3 is 2.27 bits per heavy atom. The highest BCUT2D eigenvalue weighted by Gasteiger charge is 2.30. The predicted octanol–water partition coefficient (Wildman–Crippen LogP) is 2.54. The van der Waals surface area contributed by atoms with Crippen molar-refractivity contribution in [3.8, 4) is 5.69 Å². The normalized spacial score (nSPS) is 14.8. The number of anilines is 1. The number of likely N-dealkylation sites (tertiary alicyclic amines) is 1. The van der Waals surface area contributed by atoms with Crippen LogP contribution in [0.2, 0.25) is 0 Å². The molecule has 2 aromatic heterocycles. The molecule has 0 unspecified atom stereocenters. The lowest BCUT2D eigenvalue weighted by molar-refractivity contribution is 0.0650. The number of Topliss-reactive ketones (excluding diaryl/α,β-unsaturated/α-hetero) is 1. The number of ketones is 1. The van der Waals surface area contributed by atoms with E-state index < -0.39 is 0 Å². The molecule has 1 fully saturated rings. The molecule has 1 saturated heterocycles. The van der Waals surface area contributed by atoms with Gasteiger partial charge < -0.3 is 10.6 Å². The van der Waals surface area contributed by atoms with E-state index in [0.717, 1.165) is 17.1 Å². The lowest BCUT2D eigenvalue weighted by atomic mass is 9.89. The maximum absolute atomic E-state index is 12.9. The fraction of sp³-hybridized carbons (Fsp3) is 0.364. The van der Waals surface area contributed by atoms with E-state index in [4.69, 9.17) is 5.73 Å². The summed E-state index contributed by atoms with van der Waals surface area (Å²) in [5.74, 6) is 0.140. The van der Waals surface area contributed by atoms with Crippen molar-refractivity contribution in [3.05, 3.63) is 59.0 Å². The van der Waals surface area contributed by atoms with E-state index in [0.29, 0.717) is 37.1 Å². The Morgan fingerprint density at radius 1 is 1.07 bits per heavy atom. The molecule has 1 aliphatic rings. The molecule has 0 bridgehead atoms. The van der Waals surface area contributed by atoms with Crippen molar-refractivity contribution in [1.82, 2.24) is 24.5 Å². The van der Waals surface area contributed by atoms with Crippen molar-refractivity contribution in [3.63, 3.8) is 0 Å².